The Balaban J connectivity index is 2.55. The number of nitrogens with zero attached hydrogens (tertiary/aromatic N) is 3. The van der Waals surface area contributed by atoms with Gasteiger partial charge in [-0.2, -0.15) is 31.4 Å². The van der Waals surface area contributed by atoms with Gasteiger partial charge in [-0.3, -0.25) is 4.98 Å². The molecule has 4 nitrogen and oxygen atoms in total. The van der Waals surface area contributed by atoms with Crippen LogP contribution in [0.4, 0.5) is 26.3 Å². The molecule has 2 heterocycles. The number of halogens is 7. The van der Waals surface area contributed by atoms with Crippen LogP contribution in [0.25, 0.3) is 11.4 Å². The molecule has 0 unspecified atom stereocenters. The molecule has 2 aromatic heterocycles. The van der Waals surface area contributed by atoms with Crippen molar-refractivity contribution in [3.63, 3.8) is 0 Å². The quantitative estimate of drug-likeness (QED) is 0.770. The summed E-state index contributed by atoms with van der Waals surface area (Å²) in [7, 11) is 1.22. The Morgan fingerprint density at radius 1 is 1.13 bits per heavy atom. The zero-order valence-corrected chi connectivity index (χ0v) is 12.1. The molecule has 0 aliphatic heterocycles. The third-order valence-electron chi connectivity index (χ3n) is 2.73. The lowest BCUT2D eigenvalue weighted by Gasteiger charge is -2.10. The van der Waals surface area contributed by atoms with E-state index in [9.17, 15) is 26.3 Å². The zero-order valence-electron chi connectivity index (χ0n) is 11.3. The van der Waals surface area contributed by atoms with Gasteiger partial charge in [0.1, 0.15) is 12.4 Å². The third kappa shape index (κ3) is 3.75. The highest BCUT2D eigenvalue weighted by Crippen LogP contribution is 2.36. The normalized spacial score (nSPS) is 12.7. The monoisotopic (exact) mass is 359 g/mol. The molecule has 0 spiro atoms. The molecule has 2 aromatic rings. The zero-order chi connectivity index (χ0) is 17.4. The van der Waals surface area contributed by atoms with Gasteiger partial charge in [-0.1, -0.05) is 11.6 Å². The van der Waals surface area contributed by atoms with Gasteiger partial charge in [-0.15, -0.1) is 0 Å². The van der Waals surface area contributed by atoms with Gasteiger partial charge in [-0.25, -0.2) is 4.68 Å². The second-order valence-electron chi connectivity index (χ2n) is 4.38. The van der Waals surface area contributed by atoms with Crippen LogP contribution in [-0.2, 0) is 23.8 Å². The Hall–Kier alpha value is -1.81. The summed E-state index contributed by atoms with van der Waals surface area (Å²) < 4.78 is 81.5. The highest BCUT2D eigenvalue weighted by molar-refractivity contribution is 6.33. The van der Waals surface area contributed by atoms with E-state index in [0.29, 0.717) is 18.3 Å². The lowest BCUT2D eigenvalue weighted by molar-refractivity contribution is -0.141. The fourth-order valence-corrected chi connectivity index (χ4v) is 2.01. The molecule has 0 saturated heterocycles. The lowest BCUT2D eigenvalue weighted by Crippen LogP contribution is -2.09. The van der Waals surface area contributed by atoms with Gasteiger partial charge in [0.15, 0.2) is 5.69 Å². The number of ether oxygens (including phenoxy) is 1. The standard InChI is InChI=1S/C12H8ClF6N3O/c1-23-5-22-8(3-9(21-22)12(17,18)19)10-7(13)2-6(4-20-10)11(14,15)16/h2-4H,5H2,1H3. The predicted octanol–water partition coefficient (Wildman–Crippen LogP) is 4.24. The average Bonchev–Trinajstić information content (AvgIpc) is 2.82. The van der Waals surface area contributed by atoms with E-state index in [2.05, 4.69) is 10.1 Å². The van der Waals surface area contributed by atoms with Crippen molar-refractivity contribution in [3.8, 4) is 11.4 Å². The topological polar surface area (TPSA) is 39.9 Å². The fourth-order valence-electron chi connectivity index (χ4n) is 1.75. The Kier molecular flexibility index (Phi) is 4.58. The SMILES string of the molecule is COCn1nc(C(F)(F)F)cc1-c1ncc(C(F)(F)F)cc1Cl. The smallest absolute Gasteiger partial charge is 0.362 e. The number of rotatable bonds is 3. The van der Waals surface area contributed by atoms with Crippen LogP contribution in [0.15, 0.2) is 18.3 Å². The second-order valence-corrected chi connectivity index (χ2v) is 4.79. The van der Waals surface area contributed by atoms with E-state index in [-0.39, 0.29) is 18.1 Å². The maximum atomic E-state index is 12.7. The third-order valence-corrected chi connectivity index (χ3v) is 3.02. The Bertz CT molecular complexity index is 710. The molecule has 0 saturated carbocycles. The highest BCUT2D eigenvalue weighted by Gasteiger charge is 2.36. The molecule has 0 N–H and O–H groups in total. The first-order valence-corrected chi connectivity index (χ1v) is 6.29. The summed E-state index contributed by atoms with van der Waals surface area (Å²) in [6.45, 7) is -0.357. The van der Waals surface area contributed by atoms with E-state index >= 15 is 0 Å². The van der Waals surface area contributed by atoms with Crippen LogP contribution in [-0.4, -0.2) is 21.9 Å². The van der Waals surface area contributed by atoms with Gasteiger partial charge in [-0.05, 0) is 12.1 Å². The number of aromatic nitrogens is 3. The van der Waals surface area contributed by atoms with Crippen molar-refractivity contribution >= 4 is 11.6 Å². The summed E-state index contributed by atoms with van der Waals surface area (Å²) >= 11 is 5.74. The number of hydrogen-bond acceptors (Lipinski definition) is 3. The first kappa shape index (κ1) is 17.5. The van der Waals surface area contributed by atoms with Crippen LogP contribution in [0.3, 0.4) is 0 Å². The molecule has 0 bridgehead atoms. The van der Waals surface area contributed by atoms with Gasteiger partial charge in [0, 0.05) is 13.3 Å². The minimum absolute atomic E-state index is 0.210. The largest absolute Gasteiger partial charge is 0.435 e. The lowest BCUT2D eigenvalue weighted by atomic mass is 10.2. The molecular weight excluding hydrogens is 352 g/mol. The van der Waals surface area contributed by atoms with Crippen molar-refractivity contribution in [2.75, 3.05) is 7.11 Å². The van der Waals surface area contributed by atoms with Gasteiger partial charge in [0.25, 0.3) is 0 Å². The number of hydrogen-bond donors (Lipinski definition) is 0. The summed E-state index contributed by atoms with van der Waals surface area (Å²) in [6.07, 6.45) is -8.91. The molecule has 0 aliphatic carbocycles. The molecular formula is C12H8ClF6N3O. The van der Waals surface area contributed by atoms with Crippen molar-refractivity contribution in [1.29, 1.82) is 0 Å². The molecule has 0 radical (unpaired) electrons. The van der Waals surface area contributed by atoms with Crippen molar-refractivity contribution in [2.45, 2.75) is 19.1 Å². The first-order chi connectivity index (χ1) is 10.5. The Morgan fingerprint density at radius 2 is 1.78 bits per heavy atom. The van der Waals surface area contributed by atoms with E-state index < -0.39 is 28.6 Å². The molecule has 0 fully saturated rings. The molecule has 23 heavy (non-hydrogen) atoms. The molecule has 0 aliphatic rings. The maximum absolute atomic E-state index is 12.7. The van der Waals surface area contributed by atoms with Crippen LogP contribution >= 0.6 is 11.6 Å². The van der Waals surface area contributed by atoms with Crippen LogP contribution in [0.1, 0.15) is 11.3 Å². The van der Waals surface area contributed by atoms with E-state index in [1.807, 2.05) is 0 Å². The van der Waals surface area contributed by atoms with E-state index in [0.717, 1.165) is 4.68 Å². The van der Waals surface area contributed by atoms with Gasteiger partial charge in [0.2, 0.25) is 0 Å². The van der Waals surface area contributed by atoms with Crippen molar-refractivity contribution < 1.29 is 31.1 Å². The van der Waals surface area contributed by atoms with Gasteiger partial charge < -0.3 is 4.74 Å². The van der Waals surface area contributed by atoms with Gasteiger partial charge >= 0.3 is 12.4 Å². The molecule has 0 atom stereocenters. The Morgan fingerprint density at radius 3 is 2.26 bits per heavy atom. The Labute approximate surface area is 130 Å². The van der Waals surface area contributed by atoms with Crippen molar-refractivity contribution in [3.05, 3.63) is 34.6 Å². The van der Waals surface area contributed by atoms with Crippen LogP contribution in [0, 0.1) is 0 Å². The van der Waals surface area contributed by atoms with Gasteiger partial charge in [0.05, 0.1) is 16.3 Å². The minimum atomic E-state index is -4.73. The summed E-state index contributed by atoms with van der Waals surface area (Å²) in [5.41, 5.74) is -2.82. The molecule has 11 heteroatoms. The second kappa shape index (κ2) is 6.00. The van der Waals surface area contributed by atoms with Crippen LogP contribution in [0.5, 0.6) is 0 Å². The van der Waals surface area contributed by atoms with E-state index in [4.69, 9.17) is 16.3 Å². The molecule has 126 valence electrons. The summed E-state index contributed by atoms with van der Waals surface area (Å²) in [6, 6.07) is 1.22. The van der Waals surface area contributed by atoms with Crippen LogP contribution < -0.4 is 0 Å². The molecule has 0 amide bonds. The molecule has 0 aromatic carbocycles. The first-order valence-electron chi connectivity index (χ1n) is 5.91. The van der Waals surface area contributed by atoms with E-state index in [1.54, 1.807) is 0 Å². The van der Waals surface area contributed by atoms with Crippen molar-refractivity contribution in [2.24, 2.45) is 0 Å². The van der Waals surface area contributed by atoms with Crippen molar-refractivity contribution in [1.82, 2.24) is 14.8 Å². The summed E-state index contributed by atoms with van der Waals surface area (Å²) in [5.74, 6) is 0. The van der Waals surface area contributed by atoms with Crippen LogP contribution in [0.2, 0.25) is 5.02 Å². The van der Waals surface area contributed by atoms with E-state index in [1.165, 1.54) is 7.11 Å². The predicted molar refractivity (Wildman–Crippen MR) is 67.5 cm³/mol. The maximum Gasteiger partial charge on any atom is 0.435 e. The number of pyridine rings is 1. The number of methoxy groups -OCH3 is 1. The highest BCUT2D eigenvalue weighted by atomic mass is 35.5. The number of alkyl halides is 6. The average molecular weight is 360 g/mol. The summed E-state index contributed by atoms with van der Waals surface area (Å²) in [4.78, 5) is 3.52. The fraction of sp³-hybridized carbons (Fsp3) is 0.333. The minimum Gasteiger partial charge on any atom is -0.362 e. The summed E-state index contributed by atoms with van der Waals surface area (Å²) in [5, 5.41) is 2.85. The molecule has 2 rings (SSSR count).